The van der Waals surface area contributed by atoms with E-state index < -0.39 is 30.7 Å². The molecular formula is C20H19ClF3N3O4S. The summed E-state index contributed by atoms with van der Waals surface area (Å²) in [5.74, 6) is -1.26. The average molecular weight is 490 g/mol. The molecule has 0 aliphatic heterocycles. The van der Waals surface area contributed by atoms with E-state index in [0.717, 1.165) is 4.90 Å². The molecule has 0 aliphatic carbocycles. The lowest BCUT2D eigenvalue weighted by atomic mass is 10.1. The molecule has 0 saturated heterocycles. The number of carbonyl (C=O) groups is 1. The van der Waals surface area contributed by atoms with Crippen LogP contribution >= 0.6 is 23.4 Å². The van der Waals surface area contributed by atoms with Crippen molar-refractivity contribution in [3.63, 3.8) is 0 Å². The maximum Gasteiger partial charge on any atom is 0.405 e. The number of aromatic nitrogens is 2. The first-order valence-corrected chi connectivity index (χ1v) is 10.9. The van der Waals surface area contributed by atoms with Crippen molar-refractivity contribution in [3.8, 4) is 0 Å². The van der Waals surface area contributed by atoms with Crippen LogP contribution in [0.5, 0.6) is 0 Å². The number of aliphatic carboxylic acids is 1. The highest BCUT2D eigenvalue weighted by molar-refractivity contribution is 7.99. The molecule has 0 spiro atoms. The molecule has 172 valence electrons. The predicted octanol–water partition coefficient (Wildman–Crippen LogP) is 4.02. The van der Waals surface area contributed by atoms with Crippen LogP contribution < -0.4 is 10.3 Å². The van der Waals surface area contributed by atoms with Crippen molar-refractivity contribution in [1.82, 2.24) is 9.55 Å². The minimum Gasteiger partial charge on any atom is -0.480 e. The molecule has 7 nitrogen and oxygen atoms in total. The second-order valence-electron chi connectivity index (χ2n) is 6.86. The van der Waals surface area contributed by atoms with E-state index in [2.05, 4.69) is 4.98 Å². The number of fused-ring (bicyclic) bond motifs is 2. The number of hydrogen-bond donors (Lipinski definition) is 1. The molecule has 0 radical (unpaired) electrons. The Morgan fingerprint density at radius 1 is 1.28 bits per heavy atom. The predicted molar refractivity (Wildman–Crippen MR) is 118 cm³/mol. The smallest absolute Gasteiger partial charge is 0.405 e. The van der Waals surface area contributed by atoms with Gasteiger partial charge in [0.25, 0.3) is 0 Å². The number of anilines is 1. The first kappa shape index (κ1) is 24.1. The van der Waals surface area contributed by atoms with Crippen LogP contribution in [0.15, 0.2) is 34.0 Å². The lowest BCUT2D eigenvalue weighted by Crippen LogP contribution is -2.37. The Balaban J connectivity index is 2.36. The highest BCUT2D eigenvalue weighted by Gasteiger charge is 2.31. The largest absolute Gasteiger partial charge is 0.480 e. The van der Waals surface area contributed by atoms with Crippen LogP contribution in [0.4, 0.5) is 19.0 Å². The molecule has 32 heavy (non-hydrogen) atoms. The van der Waals surface area contributed by atoms with Gasteiger partial charge >= 0.3 is 12.1 Å². The maximum atomic E-state index is 13.1. The molecule has 0 bridgehead atoms. The van der Waals surface area contributed by atoms with Crippen LogP contribution in [0.1, 0.15) is 0 Å². The van der Waals surface area contributed by atoms with Crippen LogP contribution in [0.2, 0.25) is 5.02 Å². The van der Waals surface area contributed by atoms with Gasteiger partial charge in [0.15, 0.2) is 5.43 Å². The van der Waals surface area contributed by atoms with Crippen molar-refractivity contribution < 1.29 is 27.8 Å². The van der Waals surface area contributed by atoms with Gasteiger partial charge in [-0.05, 0) is 30.5 Å². The van der Waals surface area contributed by atoms with Gasteiger partial charge in [-0.3, -0.25) is 9.59 Å². The lowest BCUT2D eigenvalue weighted by Gasteiger charge is -2.25. The third-order valence-electron chi connectivity index (χ3n) is 4.72. The number of hydrogen-bond acceptors (Lipinski definition) is 6. The fraction of sp³-hybridized carbons (Fsp3) is 0.350. The molecule has 1 N–H and O–H groups in total. The summed E-state index contributed by atoms with van der Waals surface area (Å²) in [4.78, 5) is 30.5. The van der Waals surface area contributed by atoms with Crippen LogP contribution in [0.25, 0.3) is 21.9 Å². The van der Waals surface area contributed by atoms with E-state index in [1.807, 2.05) is 0 Å². The Morgan fingerprint density at radius 3 is 2.56 bits per heavy atom. The Labute approximate surface area is 189 Å². The zero-order valence-electron chi connectivity index (χ0n) is 17.1. The highest BCUT2D eigenvalue weighted by atomic mass is 35.5. The van der Waals surface area contributed by atoms with Gasteiger partial charge < -0.3 is 19.3 Å². The number of methoxy groups -OCH3 is 1. The maximum absolute atomic E-state index is 13.1. The Morgan fingerprint density at radius 2 is 1.97 bits per heavy atom. The van der Waals surface area contributed by atoms with Gasteiger partial charge in [-0.1, -0.05) is 11.6 Å². The van der Waals surface area contributed by atoms with E-state index >= 15 is 0 Å². The molecule has 2 aromatic heterocycles. The van der Waals surface area contributed by atoms with E-state index in [1.54, 1.807) is 12.3 Å². The summed E-state index contributed by atoms with van der Waals surface area (Å²) in [7, 11) is 1.37. The molecule has 0 amide bonds. The first-order valence-electron chi connectivity index (χ1n) is 9.29. The molecule has 3 aromatic rings. The van der Waals surface area contributed by atoms with Crippen LogP contribution in [0, 0.1) is 0 Å². The summed E-state index contributed by atoms with van der Waals surface area (Å²) in [5, 5.41) is 10.1. The number of ether oxygens (including phenoxy) is 1. The van der Waals surface area contributed by atoms with Crippen molar-refractivity contribution in [2.24, 2.45) is 0 Å². The van der Waals surface area contributed by atoms with Crippen molar-refractivity contribution in [2.45, 2.75) is 17.6 Å². The third-order valence-corrected chi connectivity index (χ3v) is 5.96. The standard InChI is InChI=1S/C20H19ClF3N3O4S/c1-31-8-7-26(10-20(22,23)24)14-6-4-12-17(30)11-3-5-13(21)18(32-2)16(11)27(9-15(28)29)19(12)25-14/h3-6H,7-10H2,1-2H3,(H,28,29). The Kier molecular flexibility index (Phi) is 7.21. The van der Waals surface area contributed by atoms with Crippen molar-refractivity contribution >= 4 is 57.1 Å². The fourth-order valence-electron chi connectivity index (χ4n) is 3.42. The van der Waals surface area contributed by atoms with Gasteiger partial charge in [0.1, 0.15) is 24.6 Å². The molecule has 0 unspecified atom stereocenters. The number of alkyl halides is 3. The SMILES string of the molecule is COCCN(CC(F)(F)F)c1ccc2c(=O)c3ccc(Cl)c(SC)c3n(CC(=O)O)c2n1. The number of pyridine rings is 2. The van der Waals surface area contributed by atoms with Crippen molar-refractivity contribution in [1.29, 1.82) is 0 Å². The van der Waals surface area contributed by atoms with Gasteiger partial charge in [-0.2, -0.15) is 13.2 Å². The molecule has 0 aliphatic rings. The molecule has 0 atom stereocenters. The van der Waals surface area contributed by atoms with E-state index in [0.29, 0.717) is 9.92 Å². The Hall–Kier alpha value is -2.50. The third kappa shape index (κ3) is 4.94. The number of halogens is 4. The average Bonchev–Trinajstić information content (AvgIpc) is 2.72. The summed E-state index contributed by atoms with van der Waals surface area (Å²) in [5.41, 5.74) is -0.180. The first-order chi connectivity index (χ1) is 15.1. The minimum atomic E-state index is -4.51. The zero-order chi connectivity index (χ0) is 23.6. The molecule has 12 heteroatoms. The number of rotatable bonds is 8. The molecule has 3 rings (SSSR count). The fourth-order valence-corrected chi connectivity index (χ4v) is 4.48. The van der Waals surface area contributed by atoms with Gasteiger partial charge in [0.2, 0.25) is 0 Å². The molecule has 1 aromatic carbocycles. The summed E-state index contributed by atoms with van der Waals surface area (Å²) >= 11 is 7.50. The quantitative estimate of drug-likeness (QED) is 0.378. The van der Waals surface area contributed by atoms with Gasteiger partial charge in [0.05, 0.1) is 27.4 Å². The normalized spacial score (nSPS) is 11.9. The number of carboxylic acid groups (broad SMARTS) is 1. The molecule has 2 heterocycles. The summed E-state index contributed by atoms with van der Waals surface area (Å²) in [6, 6.07) is 5.72. The number of thioether (sulfide) groups is 1. The topological polar surface area (TPSA) is 84.7 Å². The summed E-state index contributed by atoms with van der Waals surface area (Å²) in [6.07, 6.45) is -2.78. The number of benzene rings is 1. The van der Waals surface area contributed by atoms with Gasteiger partial charge in [-0.25, -0.2) is 4.98 Å². The number of carboxylic acids is 1. The van der Waals surface area contributed by atoms with Gasteiger partial charge in [-0.15, -0.1) is 11.8 Å². The molecule has 0 fully saturated rings. The number of nitrogens with zero attached hydrogens (tertiary/aromatic N) is 3. The van der Waals surface area contributed by atoms with E-state index in [-0.39, 0.29) is 40.9 Å². The second kappa shape index (κ2) is 9.55. The lowest BCUT2D eigenvalue weighted by molar-refractivity contribution is -0.137. The summed E-state index contributed by atoms with van der Waals surface area (Å²) in [6.45, 7) is -1.93. The molecular weight excluding hydrogens is 471 g/mol. The van der Waals surface area contributed by atoms with Crippen LogP contribution in [0.3, 0.4) is 0 Å². The van der Waals surface area contributed by atoms with Crippen LogP contribution in [-0.2, 0) is 16.1 Å². The van der Waals surface area contributed by atoms with Crippen LogP contribution in [-0.4, -0.2) is 59.9 Å². The highest BCUT2D eigenvalue weighted by Crippen LogP contribution is 2.34. The van der Waals surface area contributed by atoms with Crippen molar-refractivity contribution in [2.75, 3.05) is 38.0 Å². The van der Waals surface area contributed by atoms with E-state index in [9.17, 15) is 27.9 Å². The molecule has 0 saturated carbocycles. The second-order valence-corrected chi connectivity index (χ2v) is 8.08. The summed E-state index contributed by atoms with van der Waals surface area (Å²) < 4.78 is 45.6. The zero-order valence-corrected chi connectivity index (χ0v) is 18.6. The minimum absolute atomic E-state index is 0.0156. The monoisotopic (exact) mass is 489 g/mol. The van der Waals surface area contributed by atoms with Crippen molar-refractivity contribution in [3.05, 3.63) is 39.5 Å². The van der Waals surface area contributed by atoms with E-state index in [4.69, 9.17) is 16.3 Å². The van der Waals surface area contributed by atoms with E-state index in [1.165, 1.54) is 41.6 Å². The van der Waals surface area contributed by atoms with Gasteiger partial charge in [0, 0.05) is 19.0 Å². The Bertz CT molecular complexity index is 1230.